The number of nitrogens with zero attached hydrogens (tertiary/aromatic N) is 2. The van der Waals surface area contributed by atoms with Crippen molar-refractivity contribution >= 4 is 17.5 Å². The molecule has 3 aromatic rings. The number of methoxy groups -OCH3 is 2. The Hall–Kier alpha value is -3.19. The van der Waals surface area contributed by atoms with Crippen LogP contribution in [0.5, 0.6) is 11.5 Å². The number of amides is 1. The average molecular weight is 431 g/mol. The molecule has 154 valence electrons. The summed E-state index contributed by atoms with van der Waals surface area (Å²) in [5.41, 5.74) is 1.16. The summed E-state index contributed by atoms with van der Waals surface area (Å²) in [7, 11) is 3.09. The molecule has 0 saturated carbocycles. The van der Waals surface area contributed by atoms with Gasteiger partial charge in [0.1, 0.15) is 23.1 Å². The zero-order valence-corrected chi connectivity index (χ0v) is 17.0. The molecule has 8 heteroatoms. The van der Waals surface area contributed by atoms with E-state index in [1.165, 1.54) is 19.2 Å². The lowest BCUT2D eigenvalue weighted by Crippen LogP contribution is -2.23. The topological polar surface area (TPSA) is 51.7 Å². The largest absolute Gasteiger partial charge is 0.497 e. The molecule has 1 aromatic heterocycles. The van der Waals surface area contributed by atoms with E-state index in [0.29, 0.717) is 17.2 Å². The standard InChI is InChI=1S/C22H17ClF2N2O3/c1-29-13-7-6-12(19(8-13)30-2)10-27-11-18-20(22(27)28)14(23)9-17(26-18)21-15(24)4-3-5-16(21)25/h3-9H,10-11H2,1-2H3. The van der Waals surface area contributed by atoms with Crippen LogP contribution >= 0.6 is 11.6 Å². The fourth-order valence-corrected chi connectivity index (χ4v) is 3.79. The molecule has 2 aromatic carbocycles. The number of aromatic nitrogens is 1. The van der Waals surface area contributed by atoms with Gasteiger partial charge in [0, 0.05) is 11.6 Å². The van der Waals surface area contributed by atoms with Crippen LogP contribution in [0.3, 0.4) is 0 Å². The van der Waals surface area contributed by atoms with Gasteiger partial charge in [0.05, 0.1) is 54.8 Å². The van der Waals surface area contributed by atoms with Gasteiger partial charge in [0.25, 0.3) is 5.91 Å². The maximum Gasteiger partial charge on any atom is 0.257 e. The van der Waals surface area contributed by atoms with Gasteiger partial charge in [0.15, 0.2) is 0 Å². The molecule has 0 atom stereocenters. The molecule has 0 fully saturated rings. The van der Waals surface area contributed by atoms with Crippen LogP contribution in [0.1, 0.15) is 21.6 Å². The van der Waals surface area contributed by atoms with Crippen molar-refractivity contribution in [2.45, 2.75) is 13.1 Å². The van der Waals surface area contributed by atoms with Gasteiger partial charge in [-0.2, -0.15) is 0 Å². The van der Waals surface area contributed by atoms with Crippen molar-refractivity contribution in [3.63, 3.8) is 0 Å². The van der Waals surface area contributed by atoms with Crippen molar-refractivity contribution in [2.24, 2.45) is 0 Å². The molecule has 30 heavy (non-hydrogen) atoms. The minimum absolute atomic E-state index is 0.0472. The van der Waals surface area contributed by atoms with Crippen LogP contribution in [0.2, 0.25) is 5.02 Å². The third kappa shape index (κ3) is 3.45. The van der Waals surface area contributed by atoms with E-state index in [9.17, 15) is 13.6 Å². The van der Waals surface area contributed by atoms with Gasteiger partial charge in [-0.3, -0.25) is 4.79 Å². The van der Waals surface area contributed by atoms with Gasteiger partial charge in [0.2, 0.25) is 0 Å². The highest BCUT2D eigenvalue weighted by molar-refractivity contribution is 6.34. The fraction of sp³-hybridized carbons (Fsp3) is 0.182. The van der Waals surface area contributed by atoms with Crippen molar-refractivity contribution in [3.05, 3.63) is 75.9 Å². The smallest absolute Gasteiger partial charge is 0.257 e. The maximum absolute atomic E-state index is 14.2. The van der Waals surface area contributed by atoms with Gasteiger partial charge in [-0.05, 0) is 30.3 Å². The number of pyridine rings is 1. The SMILES string of the molecule is COc1ccc(CN2Cc3nc(-c4c(F)cccc4F)cc(Cl)c3C2=O)c(OC)c1. The lowest BCUT2D eigenvalue weighted by atomic mass is 10.1. The van der Waals surface area contributed by atoms with Crippen molar-refractivity contribution in [2.75, 3.05) is 14.2 Å². The second-order valence-electron chi connectivity index (χ2n) is 6.75. The van der Waals surface area contributed by atoms with Crippen LogP contribution in [0.15, 0.2) is 42.5 Å². The molecule has 1 amide bonds. The predicted octanol–water partition coefficient (Wildman–Crippen LogP) is 4.85. The van der Waals surface area contributed by atoms with Crippen LogP contribution in [0, 0.1) is 11.6 Å². The number of fused-ring (bicyclic) bond motifs is 1. The highest BCUT2D eigenvalue weighted by Gasteiger charge is 2.33. The average Bonchev–Trinajstić information content (AvgIpc) is 3.04. The summed E-state index contributed by atoms with van der Waals surface area (Å²) in [5, 5.41) is 0.104. The van der Waals surface area contributed by atoms with Crippen molar-refractivity contribution < 1.29 is 23.0 Å². The Balaban J connectivity index is 1.68. The highest BCUT2D eigenvalue weighted by Crippen LogP contribution is 2.35. The summed E-state index contributed by atoms with van der Waals surface area (Å²) >= 11 is 6.32. The van der Waals surface area contributed by atoms with Crippen LogP contribution in [-0.2, 0) is 13.1 Å². The normalized spacial score (nSPS) is 12.8. The molecule has 5 nitrogen and oxygen atoms in total. The number of benzene rings is 2. The van der Waals surface area contributed by atoms with E-state index < -0.39 is 11.6 Å². The summed E-state index contributed by atoms with van der Waals surface area (Å²) < 4.78 is 39.0. The third-order valence-electron chi connectivity index (χ3n) is 4.96. The summed E-state index contributed by atoms with van der Waals surface area (Å²) in [4.78, 5) is 18.8. The first-order valence-electron chi connectivity index (χ1n) is 9.07. The fourth-order valence-electron chi connectivity index (χ4n) is 3.50. The number of carbonyl (C=O) groups excluding carboxylic acids is 1. The molecule has 1 aliphatic heterocycles. The Morgan fingerprint density at radius 2 is 1.80 bits per heavy atom. The zero-order valence-electron chi connectivity index (χ0n) is 16.2. The van der Waals surface area contributed by atoms with Crippen LogP contribution in [0.25, 0.3) is 11.3 Å². The molecule has 0 unspecified atom stereocenters. The summed E-state index contributed by atoms with van der Waals surface area (Å²) in [6, 6.07) is 10.2. The minimum Gasteiger partial charge on any atom is -0.497 e. The predicted molar refractivity (Wildman–Crippen MR) is 108 cm³/mol. The summed E-state index contributed by atoms with van der Waals surface area (Å²) in [6.07, 6.45) is 0. The molecule has 0 N–H and O–H groups in total. The molecule has 2 heterocycles. The first-order valence-corrected chi connectivity index (χ1v) is 9.44. The first kappa shape index (κ1) is 20.1. The molecular formula is C22H17ClF2N2O3. The number of carbonyl (C=O) groups is 1. The Kier molecular flexibility index (Phi) is 5.30. The molecule has 0 saturated heterocycles. The van der Waals surface area contributed by atoms with E-state index in [1.54, 1.807) is 24.1 Å². The van der Waals surface area contributed by atoms with E-state index in [4.69, 9.17) is 21.1 Å². The van der Waals surface area contributed by atoms with Gasteiger partial charge >= 0.3 is 0 Å². The molecule has 0 aliphatic carbocycles. The van der Waals surface area contributed by atoms with Crippen molar-refractivity contribution in [1.82, 2.24) is 9.88 Å². The van der Waals surface area contributed by atoms with Gasteiger partial charge < -0.3 is 14.4 Å². The van der Waals surface area contributed by atoms with E-state index in [-0.39, 0.29) is 40.8 Å². The number of hydrogen-bond donors (Lipinski definition) is 0. The lowest BCUT2D eigenvalue weighted by molar-refractivity contribution is 0.0765. The lowest BCUT2D eigenvalue weighted by Gasteiger charge is -2.18. The van der Waals surface area contributed by atoms with E-state index in [2.05, 4.69) is 4.98 Å². The van der Waals surface area contributed by atoms with Gasteiger partial charge in [-0.25, -0.2) is 13.8 Å². The molecule has 0 spiro atoms. The van der Waals surface area contributed by atoms with Gasteiger partial charge in [-0.1, -0.05) is 17.7 Å². The van der Waals surface area contributed by atoms with Crippen LogP contribution in [0.4, 0.5) is 8.78 Å². The number of halogens is 3. The Bertz CT molecular complexity index is 1130. The molecule has 0 radical (unpaired) electrons. The highest BCUT2D eigenvalue weighted by atomic mass is 35.5. The Morgan fingerprint density at radius 1 is 1.07 bits per heavy atom. The van der Waals surface area contributed by atoms with E-state index >= 15 is 0 Å². The second kappa shape index (κ2) is 7.91. The summed E-state index contributed by atoms with van der Waals surface area (Å²) in [6.45, 7) is 0.412. The van der Waals surface area contributed by atoms with Crippen molar-refractivity contribution in [1.29, 1.82) is 0 Å². The maximum atomic E-state index is 14.2. The first-order chi connectivity index (χ1) is 14.4. The summed E-state index contributed by atoms with van der Waals surface area (Å²) in [5.74, 6) is -0.592. The monoisotopic (exact) mass is 430 g/mol. The zero-order chi connectivity index (χ0) is 21.4. The Morgan fingerprint density at radius 3 is 2.47 bits per heavy atom. The van der Waals surface area contributed by atoms with Gasteiger partial charge in [-0.15, -0.1) is 0 Å². The second-order valence-corrected chi connectivity index (χ2v) is 7.15. The third-order valence-corrected chi connectivity index (χ3v) is 5.26. The number of ether oxygens (including phenoxy) is 2. The molecule has 1 aliphatic rings. The number of rotatable bonds is 5. The van der Waals surface area contributed by atoms with Crippen LogP contribution < -0.4 is 9.47 Å². The molecule has 4 rings (SSSR count). The number of hydrogen-bond acceptors (Lipinski definition) is 4. The Labute approximate surface area is 176 Å². The van der Waals surface area contributed by atoms with E-state index in [0.717, 1.165) is 17.7 Å². The molecule has 0 bridgehead atoms. The quantitative estimate of drug-likeness (QED) is 0.580. The molecular weight excluding hydrogens is 414 g/mol. The minimum atomic E-state index is -0.748. The van der Waals surface area contributed by atoms with Crippen LogP contribution in [-0.4, -0.2) is 30.0 Å². The van der Waals surface area contributed by atoms with Crippen molar-refractivity contribution in [3.8, 4) is 22.8 Å². The van der Waals surface area contributed by atoms with E-state index in [1.807, 2.05) is 6.07 Å².